The average Bonchev–Trinajstić information content (AvgIpc) is 3.46. The molecule has 4 amide bonds. The first-order chi connectivity index (χ1) is 18.7. The van der Waals surface area contributed by atoms with E-state index in [2.05, 4.69) is 21.0 Å². The maximum atomic E-state index is 13.1. The Bertz CT molecular complexity index is 1360. The Morgan fingerprint density at radius 2 is 2.18 bits per heavy atom. The maximum Gasteiger partial charge on any atom is 0.352 e. The van der Waals surface area contributed by atoms with E-state index in [1.807, 2.05) is 6.92 Å². The van der Waals surface area contributed by atoms with Gasteiger partial charge in [-0.15, -0.1) is 23.1 Å². The highest BCUT2D eigenvalue weighted by molar-refractivity contribution is 8.01. The molecule has 39 heavy (non-hydrogen) atoms. The van der Waals surface area contributed by atoms with E-state index in [9.17, 15) is 29.5 Å². The van der Waals surface area contributed by atoms with Gasteiger partial charge < -0.3 is 26.3 Å². The zero-order chi connectivity index (χ0) is 28.1. The van der Waals surface area contributed by atoms with Crippen LogP contribution in [0.5, 0.6) is 0 Å². The molecule has 4 N–H and O–H groups in total. The van der Waals surface area contributed by atoms with Crippen molar-refractivity contribution in [2.75, 3.05) is 18.1 Å². The third kappa shape index (κ3) is 6.10. The summed E-state index contributed by atoms with van der Waals surface area (Å²) in [6, 6.07) is 5.64. The minimum atomic E-state index is -1.28. The van der Waals surface area contributed by atoms with Crippen LogP contribution in [-0.4, -0.2) is 68.4 Å². The van der Waals surface area contributed by atoms with E-state index in [0.29, 0.717) is 32.4 Å². The highest BCUT2D eigenvalue weighted by atomic mass is 32.2. The van der Waals surface area contributed by atoms with Gasteiger partial charge in [0.2, 0.25) is 5.91 Å². The number of hydrogen-bond donors (Lipinski definition) is 4. The Labute approximate surface area is 235 Å². The minimum absolute atomic E-state index is 0.166. The summed E-state index contributed by atoms with van der Waals surface area (Å²) < 4.78 is 0. The van der Waals surface area contributed by atoms with Gasteiger partial charge in [0.05, 0.1) is 6.07 Å². The Hall–Kier alpha value is -3.81. The standard InChI is InChI=1S/C23H23N7O6S3/c1-2-13-5-6-15(30(36)28-13)38-10-12-11-39-21-17(20(32)29(21)18(12)22(33)34)26-19(31)16(14-4-3-9-37-14)27-23(35)25-8-7-24/h3-6,9,16-17,21H,2,8,10-11H2,1H3,(H,26,31)(H,33,34)(H2,25,27,35)/t16?,17-,21?/m1/s1. The molecule has 2 aliphatic rings. The van der Waals surface area contributed by atoms with Gasteiger partial charge in [-0.2, -0.15) is 5.26 Å². The number of amides is 4. The number of rotatable bonds is 10. The van der Waals surface area contributed by atoms with Gasteiger partial charge in [-0.05, 0) is 46.1 Å². The summed E-state index contributed by atoms with van der Waals surface area (Å²) in [5, 5.41) is 43.5. The lowest BCUT2D eigenvalue weighted by molar-refractivity contribution is -0.707. The molecular weight excluding hydrogens is 566 g/mol. The van der Waals surface area contributed by atoms with Crippen molar-refractivity contribution in [3.8, 4) is 6.07 Å². The van der Waals surface area contributed by atoms with Gasteiger partial charge in [0, 0.05) is 27.5 Å². The van der Waals surface area contributed by atoms with Crippen molar-refractivity contribution in [1.82, 2.24) is 25.9 Å². The summed E-state index contributed by atoms with van der Waals surface area (Å²) in [5.74, 6) is -2.08. The number of aliphatic carboxylic acids is 1. The van der Waals surface area contributed by atoms with Crippen molar-refractivity contribution in [2.45, 2.75) is 35.8 Å². The highest BCUT2D eigenvalue weighted by Gasteiger charge is 2.54. The lowest BCUT2D eigenvalue weighted by Crippen LogP contribution is -2.71. The smallest absolute Gasteiger partial charge is 0.352 e. The van der Waals surface area contributed by atoms with Gasteiger partial charge in [-0.25, -0.2) is 9.59 Å². The average molecular weight is 590 g/mol. The number of carboxylic acids is 1. The summed E-state index contributed by atoms with van der Waals surface area (Å²) in [7, 11) is 0. The topological polar surface area (TPSA) is 191 Å². The molecule has 2 aliphatic heterocycles. The number of aromatic nitrogens is 2. The fourth-order valence-corrected chi connectivity index (χ4v) is 7.06. The van der Waals surface area contributed by atoms with Crippen LogP contribution in [0.15, 0.2) is 45.9 Å². The van der Waals surface area contributed by atoms with Crippen molar-refractivity contribution in [1.29, 1.82) is 5.26 Å². The first-order valence-electron chi connectivity index (χ1n) is 11.6. The molecule has 13 nitrogen and oxygen atoms in total. The van der Waals surface area contributed by atoms with E-state index in [1.165, 1.54) is 23.1 Å². The Morgan fingerprint density at radius 1 is 1.38 bits per heavy atom. The van der Waals surface area contributed by atoms with Crippen molar-refractivity contribution in [3.63, 3.8) is 0 Å². The number of β-lactam (4-membered cyclic amide) rings is 1. The normalized spacial score (nSPS) is 18.9. The molecule has 2 aromatic heterocycles. The van der Waals surface area contributed by atoms with E-state index in [-0.39, 0.29) is 23.7 Å². The third-order valence-electron chi connectivity index (χ3n) is 5.82. The number of urea groups is 1. The lowest BCUT2D eigenvalue weighted by Gasteiger charge is -2.49. The Balaban J connectivity index is 1.46. The van der Waals surface area contributed by atoms with E-state index < -0.39 is 41.3 Å². The molecule has 1 fully saturated rings. The second kappa shape index (κ2) is 12.4. The van der Waals surface area contributed by atoms with E-state index >= 15 is 0 Å². The number of thioether (sulfide) groups is 2. The molecule has 0 spiro atoms. The van der Waals surface area contributed by atoms with Crippen molar-refractivity contribution in [3.05, 3.63) is 56.7 Å². The Kier molecular flexibility index (Phi) is 8.94. The molecule has 2 unspecified atom stereocenters. The van der Waals surface area contributed by atoms with Crippen LogP contribution in [0.4, 0.5) is 4.79 Å². The second-order valence-electron chi connectivity index (χ2n) is 8.27. The molecule has 0 radical (unpaired) electrons. The molecular formula is C23H23N7O6S3. The number of thiophene rings is 1. The SMILES string of the molecule is CCc1ccc(SCC2=C(C(=O)O)N3C(=O)[C@@H](NC(=O)C(NC(=O)NCC#N)c4cccs4)C3SC2)[n+]([O-])n1. The van der Waals surface area contributed by atoms with Gasteiger partial charge in [-0.1, -0.05) is 13.0 Å². The second-order valence-corrected chi connectivity index (χ2v) is 11.3. The predicted octanol–water partition coefficient (Wildman–Crippen LogP) is 0.734. The largest absolute Gasteiger partial charge is 0.593 e. The zero-order valence-electron chi connectivity index (χ0n) is 20.4. The van der Waals surface area contributed by atoms with Gasteiger partial charge in [-0.3, -0.25) is 14.5 Å². The summed E-state index contributed by atoms with van der Waals surface area (Å²) in [6.07, 6.45) is 0.604. The third-order valence-corrected chi connectivity index (χ3v) is 9.18. The molecule has 0 bridgehead atoms. The number of nitriles is 1. The molecule has 2 aromatic rings. The fourth-order valence-electron chi connectivity index (χ4n) is 3.94. The van der Waals surface area contributed by atoms with Crippen molar-refractivity contribution in [2.24, 2.45) is 0 Å². The molecule has 0 saturated carbocycles. The number of carbonyl (C=O) groups excluding carboxylic acids is 3. The minimum Gasteiger partial charge on any atom is -0.593 e. The fraction of sp³-hybridized carbons (Fsp3) is 0.348. The summed E-state index contributed by atoms with van der Waals surface area (Å²) >= 11 is 3.65. The molecule has 4 heterocycles. The van der Waals surface area contributed by atoms with Crippen LogP contribution in [0.3, 0.4) is 0 Å². The Morgan fingerprint density at radius 3 is 2.82 bits per heavy atom. The van der Waals surface area contributed by atoms with Gasteiger partial charge in [0.25, 0.3) is 10.9 Å². The van der Waals surface area contributed by atoms with Crippen LogP contribution in [-0.2, 0) is 20.8 Å². The lowest BCUT2D eigenvalue weighted by atomic mass is 10.0. The summed E-state index contributed by atoms with van der Waals surface area (Å²) in [5.41, 5.74) is 0.939. The van der Waals surface area contributed by atoms with Crippen molar-refractivity contribution >= 4 is 58.7 Å². The van der Waals surface area contributed by atoms with E-state index in [4.69, 9.17) is 5.26 Å². The molecule has 4 rings (SSSR count). The van der Waals surface area contributed by atoms with Gasteiger partial charge in [0.15, 0.2) is 0 Å². The molecule has 1 saturated heterocycles. The predicted molar refractivity (Wildman–Crippen MR) is 142 cm³/mol. The van der Waals surface area contributed by atoms with Gasteiger partial charge >= 0.3 is 12.0 Å². The number of hydrogen-bond acceptors (Lipinski definition) is 10. The van der Waals surface area contributed by atoms with E-state index in [0.717, 1.165) is 16.7 Å². The molecule has 0 aromatic carbocycles. The maximum absolute atomic E-state index is 13.1. The molecule has 16 heteroatoms. The molecule has 0 aliphatic carbocycles. The van der Waals surface area contributed by atoms with Crippen LogP contribution in [0.25, 0.3) is 0 Å². The first kappa shape index (κ1) is 28.2. The summed E-state index contributed by atoms with van der Waals surface area (Å²) in [4.78, 5) is 52.6. The number of nitrogens with zero attached hydrogens (tertiary/aromatic N) is 4. The highest BCUT2D eigenvalue weighted by Crippen LogP contribution is 2.41. The van der Waals surface area contributed by atoms with Crippen LogP contribution in [0, 0.1) is 16.5 Å². The monoisotopic (exact) mass is 589 g/mol. The van der Waals surface area contributed by atoms with Crippen LogP contribution < -0.4 is 20.8 Å². The number of fused-ring (bicyclic) bond motifs is 1. The molecule has 204 valence electrons. The summed E-state index contributed by atoms with van der Waals surface area (Å²) in [6.45, 7) is 1.63. The van der Waals surface area contributed by atoms with Crippen LogP contribution in [0.2, 0.25) is 0 Å². The van der Waals surface area contributed by atoms with Crippen LogP contribution >= 0.6 is 34.9 Å². The van der Waals surface area contributed by atoms with Crippen molar-refractivity contribution < 1.29 is 29.1 Å². The number of carbonyl (C=O) groups is 4. The van der Waals surface area contributed by atoms with Gasteiger partial charge in [0.1, 0.15) is 35.4 Å². The number of nitrogens with one attached hydrogen (secondary N) is 3. The zero-order valence-corrected chi connectivity index (χ0v) is 22.9. The van der Waals surface area contributed by atoms with E-state index in [1.54, 1.807) is 35.7 Å². The number of carboxylic acid groups (broad SMARTS) is 1. The quantitative estimate of drug-likeness (QED) is 0.101. The van der Waals surface area contributed by atoms with Crippen LogP contribution in [0.1, 0.15) is 23.5 Å². The first-order valence-corrected chi connectivity index (χ1v) is 14.5. The molecule has 3 atom stereocenters. The number of aryl methyl sites for hydroxylation is 1.